The topological polar surface area (TPSA) is 34.9 Å². The maximum Gasteiger partial charge on any atom is 0.202 e. The van der Waals surface area contributed by atoms with Crippen LogP contribution in [0, 0.1) is 13.8 Å². The highest BCUT2D eigenvalue weighted by Gasteiger charge is 2.13. The zero-order valence-electron chi connectivity index (χ0n) is 11.1. The molecule has 0 aliphatic carbocycles. The number of benzene rings is 1. The zero-order chi connectivity index (χ0) is 13.1. The van der Waals surface area contributed by atoms with Crippen molar-refractivity contribution in [1.29, 1.82) is 0 Å². The van der Waals surface area contributed by atoms with Gasteiger partial charge in [0.1, 0.15) is 0 Å². The minimum absolute atomic E-state index is 0.0792. The monoisotopic (exact) mass is 242 g/mol. The van der Waals surface area contributed by atoms with Crippen LogP contribution in [-0.2, 0) is 13.0 Å². The lowest BCUT2D eigenvalue weighted by Gasteiger charge is -2.07. The highest BCUT2D eigenvalue weighted by Crippen LogP contribution is 2.13. The average Bonchev–Trinajstić information content (AvgIpc) is 2.82. The van der Waals surface area contributed by atoms with Crippen LogP contribution in [0.1, 0.15) is 34.2 Å². The standard InChI is InChI=1S/C15H18N2O/c1-4-17-8-7-16-15(17)14(18)10-13-9-11(2)5-6-12(13)3/h5-9H,4,10H2,1-3H3. The van der Waals surface area contributed by atoms with Crippen LogP contribution in [0.2, 0.25) is 0 Å². The van der Waals surface area contributed by atoms with Gasteiger partial charge in [0.25, 0.3) is 0 Å². The Bertz CT molecular complexity index is 570. The van der Waals surface area contributed by atoms with Gasteiger partial charge in [0.2, 0.25) is 5.78 Å². The zero-order valence-corrected chi connectivity index (χ0v) is 11.1. The molecule has 0 saturated heterocycles. The first-order chi connectivity index (χ1) is 8.61. The molecular formula is C15H18N2O. The minimum atomic E-state index is 0.0792. The SMILES string of the molecule is CCn1ccnc1C(=O)Cc1cc(C)ccc1C. The first-order valence-corrected chi connectivity index (χ1v) is 6.22. The normalized spacial score (nSPS) is 10.6. The van der Waals surface area contributed by atoms with Crippen LogP contribution in [0.4, 0.5) is 0 Å². The van der Waals surface area contributed by atoms with Gasteiger partial charge in [-0.2, -0.15) is 0 Å². The maximum absolute atomic E-state index is 12.2. The number of imidazole rings is 1. The van der Waals surface area contributed by atoms with Gasteiger partial charge in [-0.05, 0) is 31.9 Å². The van der Waals surface area contributed by atoms with E-state index in [0.29, 0.717) is 12.2 Å². The van der Waals surface area contributed by atoms with E-state index in [-0.39, 0.29) is 5.78 Å². The van der Waals surface area contributed by atoms with Crippen LogP contribution >= 0.6 is 0 Å². The molecule has 0 atom stereocenters. The molecule has 0 fully saturated rings. The van der Waals surface area contributed by atoms with Gasteiger partial charge in [-0.25, -0.2) is 4.98 Å². The van der Waals surface area contributed by atoms with Crippen LogP contribution in [-0.4, -0.2) is 15.3 Å². The third-order valence-electron chi connectivity index (χ3n) is 3.16. The number of carbonyl (C=O) groups excluding carboxylic acids is 1. The summed E-state index contributed by atoms with van der Waals surface area (Å²) in [5.74, 6) is 0.633. The molecule has 94 valence electrons. The Morgan fingerprint density at radius 3 is 2.83 bits per heavy atom. The number of rotatable bonds is 4. The number of aromatic nitrogens is 2. The summed E-state index contributed by atoms with van der Waals surface area (Å²) in [6.07, 6.45) is 3.95. The molecule has 3 heteroatoms. The Morgan fingerprint density at radius 2 is 2.11 bits per heavy atom. The summed E-state index contributed by atoms with van der Waals surface area (Å²) in [7, 11) is 0. The van der Waals surface area contributed by atoms with Gasteiger partial charge in [-0.15, -0.1) is 0 Å². The molecule has 2 aromatic rings. The highest BCUT2D eigenvalue weighted by molar-refractivity contribution is 5.94. The van der Waals surface area contributed by atoms with E-state index < -0.39 is 0 Å². The van der Waals surface area contributed by atoms with Crippen molar-refractivity contribution in [3.63, 3.8) is 0 Å². The quantitative estimate of drug-likeness (QED) is 0.773. The fraction of sp³-hybridized carbons (Fsp3) is 0.333. The summed E-state index contributed by atoms with van der Waals surface area (Å²) >= 11 is 0. The average molecular weight is 242 g/mol. The van der Waals surface area contributed by atoms with E-state index in [1.54, 1.807) is 6.20 Å². The van der Waals surface area contributed by atoms with E-state index in [9.17, 15) is 4.79 Å². The van der Waals surface area contributed by atoms with Crippen molar-refractivity contribution in [2.75, 3.05) is 0 Å². The third-order valence-corrected chi connectivity index (χ3v) is 3.16. The smallest absolute Gasteiger partial charge is 0.202 e. The van der Waals surface area contributed by atoms with Crippen LogP contribution in [0.5, 0.6) is 0 Å². The molecule has 0 unspecified atom stereocenters. The summed E-state index contributed by atoms with van der Waals surface area (Å²) < 4.78 is 1.88. The van der Waals surface area contributed by atoms with Crippen LogP contribution < -0.4 is 0 Å². The van der Waals surface area contributed by atoms with Gasteiger partial charge < -0.3 is 4.57 Å². The minimum Gasteiger partial charge on any atom is -0.329 e. The van der Waals surface area contributed by atoms with E-state index in [1.165, 1.54) is 5.56 Å². The Labute approximate surface area is 107 Å². The number of aryl methyl sites for hydroxylation is 3. The second kappa shape index (κ2) is 5.17. The van der Waals surface area contributed by atoms with E-state index >= 15 is 0 Å². The van der Waals surface area contributed by atoms with Crippen molar-refractivity contribution in [1.82, 2.24) is 9.55 Å². The molecule has 1 aromatic heterocycles. The molecule has 1 heterocycles. The van der Waals surface area contributed by atoms with E-state index in [2.05, 4.69) is 23.2 Å². The number of hydrogen-bond donors (Lipinski definition) is 0. The largest absolute Gasteiger partial charge is 0.329 e. The molecule has 0 aliphatic heterocycles. The summed E-state index contributed by atoms with van der Waals surface area (Å²) in [6, 6.07) is 6.20. The Morgan fingerprint density at radius 1 is 1.33 bits per heavy atom. The molecule has 0 aliphatic rings. The first kappa shape index (κ1) is 12.6. The summed E-state index contributed by atoms with van der Waals surface area (Å²) in [6.45, 7) is 6.86. The van der Waals surface area contributed by atoms with E-state index in [4.69, 9.17) is 0 Å². The molecule has 0 radical (unpaired) electrons. The lowest BCUT2D eigenvalue weighted by atomic mass is 10.0. The van der Waals surface area contributed by atoms with Gasteiger partial charge >= 0.3 is 0 Å². The number of Topliss-reactive ketones (excluding diaryl/α,β-unsaturated/α-hetero) is 1. The number of ketones is 1. The van der Waals surface area contributed by atoms with Gasteiger partial charge in [-0.1, -0.05) is 23.8 Å². The molecule has 0 saturated carbocycles. The second-order valence-electron chi connectivity index (χ2n) is 4.57. The first-order valence-electron chi connectivity index (χ1n) is 6.22. The number of carbonyl (C=O) groups is 1. The van der Waals surface area contributed by atoms with Crippen molar-refractivity contribution < 1.29 is 4.79 Å². The summed E-state index contributed by atoms with van der Waals surface area (Å²) in [5.41, 5.74) is 3.43. The van der Waals surface area contributed by atoms with Gasteiger partial charge in [0.05, 0.1) is 0 Å². The molecule has 0 N–H and O–H groups in total. The van der Waals surface area contributed by atoms with E-state index in [1.807, 2.05) is 31.5 Å². The molecule has 18 heavy (non-hydrogen) atoms. The molecule has 2 rings (SSSR count). The predicted octanol–water partition coefficient (Wildman–Crippen LogP) is 2.95. The van der Waals surface area contributed by atoms with Crippen LogP contribution in [0.15, 0.2) is 30.6 Å². The molecule has 0 spiro atoms. The van der Waals surface area contributed by atoms with Crippen LogP contribution in [0.25, 0.3) is 0 Å². The van der Waals surface area contributed by atoms with Gasteiger partial charge in [-0.3, -0.25) is 4.79 Å². The lowest BCUT2D eigenvalue weighted by Crippen LogP contribution is -2.12. The Hall–Kier alpha value is -1.90. The fourth-order valence-electron chi connectivity index (χ4n) is 2.06. The summed E-state index contributed by atoms with van der Waals surface area (Å²) in [4.78, 5) is 16.4. The highest BCUT2D eigenvalue weighted by atomic mass is 16.1. The molecule has 1 aromatic carbocycles. The molecule has 3 nitrogen and oxygen atoms in total. The predicted molar refractivity (Wildman–Crippen MR) is 71.9 cm³/mol. The fourth-order valence-corrected chi connectivity index (χ4v) is 2.06. The lowest BCUT2D eigenvalue weighted by molar-refractivity contribution is 0.0979. The van der Waals surface area contributed by atoms with Crippen molar-refractivity contribution in [3.05, 3.63) is 53.1 Å². The van der Waals surface area contributed by atoms with E-state index in [0.717, 1.165) is 17.7 Å². The number of hydrogen-bond acceptors (Lipinski definition) is 2. The summed E-state index contributed by atoms with van der Waals surface area (Å²) in [5, 5.41) is 0. The Kier molecular flexibility index (Phi) is 3.60. The van der Waals surface area contributed by atoms with Crippen LogP contribution in [0.3, 0.4) is 0 Å². The second-order valence-corrected chi connectivity index (χ2v) is 4.57. The maximum atomic E-state index is 12.2. The molecule has 0 amide bonds. The number of nitrogens with zero attached hydrogens (tertiary/aromatic N) is 2. The van der Waals surface area contributed by atoms with Gasteiger partial charge in [0, 0.05) is 25.4 Å². The third kappa shape index (κ3) is 2.50. The molecule has 0 bridgehead atoms. The Balaban J connectivity index is 2.24. The molecular weight excluding hydrogens is 224 g/mol. The van der Waals surface area contributed by atoms with Crippen molar-refractivity contribution in [2.45, 2.75) is 33.7 Å². The van der Waals surface area contributed by atoms with Crippen molar-refractivity contribution in [3.8, 4) is 0 Å². The van der Waals surface area contributed by atoms with Crippen molar-refractivity contribution in [2.24, 2.45) is 0 Å². The van der Waals surface area contributed by atoms with Crippen molar-refractivity contribution >= 4 is 5.78 Å². The van der Waals surface area contributed by atoms with Gasteiger partial charge in [0.15, 0.2) is 5.82 Å².